The maximum atomic E-state index is 11.4. The molecule has 116 valence electrons. The molecule has 1 aromatic carbocycles. The Kier molecular flexibility index (Phi) is 5.16. The molecule has 7 heteroatoms. The lowest BCUT2D eigenvalue weighted by Crippen LogP contribution is -2.08. The molecule has 22 heavy (non-hydrogen) atoms. The fraction of sp³-hybridized carbons (Fsp3) is 0.267. The third-order valence-electron chi connectivity index (χ3n) is 2.63. The maximum Gasteiger partial charge on any atom is 0.332 e. The van der Waals surface area contributed by atoms with Crippen LogP contribution in [0.3, 0.4) is 0 Å². The van der Waals surface area contributed by atoms with Crippen LogP contribution >= 0.6 is 11.6 Å². The van der Waals surface area contributed by atoms with Crippen molar-refractivity contribution >= 4 is 23.8 Å². The Morgan fingerprint density at radius 1 is 1.41 bits per heavy atom. The number of esters is 1. The molecule has 2 rings (SSSR count). The highest BCUT2D eigenvalue weighted by Gasteiger charge is 2.11. The summed E-state index contributed by atoms with van der Waals surface area (Å²) in [6.45, 7) is 3.56. The van der Waals surface area contributed by atoms with Gasteiger partial charge in [-0.15, -0.1) is 5.10 Å². The van der Waals surface area contributed by atoms with E-state index < -0.39 is 5.97 Å². The van der Waals surface area contributed by atoms with Gasteiger partial charge < -0.3 is 9.47 Å². The molecule has 1 aromatic heterocycles. The van der Waals surface area contributed by atoms with Gasteiger partial charge in [-0.2, -0.15) is 0 Å². The molecule has 0 amide bonds. The molecule has 0 bridgehead atoms. The van der Waals surface area contributed by atoms with Crippen molar-refractivity contribution in [2.24, 2.45) is 0 Å². The predicted octanol–water partition coefficient (Wildman–Crippen LogP) is 3.03. The van der Waals surface area contributed by atoms with Crippen molar-refractivity contribution in [3.63, 3.8) is 0 Å². The minimum atomic E-state index is -0.438. The number of halogens is 1. The summed E-state index contributed by atoms with van der Waals surface area (Å²) in [5, 5.41) is 4.81. The molecule has 1 heterocycles. The molecule has 0 N–H and O–H groups in total. The molecule has 0 saturated heterocycles. The number of aromatic nitrogens is 3. The van der Waals surface area contributed by atoms with Gasteiger partial charge in [-0.3, -0.25) is 0 Å². The van der Waals surface area contributed by atoms with Gasteiger partial charge in [0.1, 0.15) is 12.1 Å². The van der Waals surface area contributed by atoms with Crippen molar-refractivity contribution in [1.82, 2.24) is 14.8 Å². The highest BCUT2D eigenvalue weighted by molar-refractivity contribution is 6.30. The van der Waals surface area contributed by atoms with Crippen molar-refractivity contribution in [3.8, 4) is 17.1 Å². The quantitative estimate of drug-likeness (QED) is 0.625. The van der Waals surface area contributed by atoms with Crippen molar-refractivity contribution < 1.29 is 14.3 Å². The SMILES string of the molecule is COc1ccc(Cl)cc1-c1ncn(/C=C\C(=O)OC(C)C)n1. The van der Waals surface area contributed by atoms with E-state index in [2.05, 4.69) is 10.1 Å². The van der Waals surface area contributed by atoms with Crippen LogP contribution < -0.4 is 4.74 Å². The number of carbonyl (C=O) groups is 1. The van der Waals surface area contributed by atoms with Crippen molar-refractivity contribution in [3.05, 3.63) is 35.6 Å². The lowest BCUT2D eigenvalue weighted by molar-refractivity contribution is -0.141. The van der Waals surface area contributed by atoms with E-state index in [1.54, 1.807) is 39.2 Å². The van der Waals surface area contributed by atoms with Crippen LogP contribution in [-0.4, -0.2) is 33.9 Å². The molecule has 2 aromatic rings. The zero-order valence-corrected chi connectivity index (χ0v) is 13.2. The number of nitrogens with zero attached hydrogens (tertiary/aromatic N) is 3. The Morgan fingerprint density at radius 2 is 2.18 bits per heavy atom. The molecule has 0 fully saturated rings. The zero-order chi connectivity index (χ0) is 16.1. The Hall–Kier alpha value is -2.34. The number of carbonyl (C=O) groups excluding carboxylic acids is 1. The number of methoxy groups -OCH3 is 1. The topological polar surface area (TPSA) is 66.2 Å². The van der Waals surface area contributed by atoms with E-state index in [-0.39, 0.29) is 6.10 Å². The highest BCUT2D eigenvalue weighted by Crippen LogP contribution is 2.29. The number of ether oxygens (including phenoxy) is 2. The second-order valence-corrected chi connectivity index (χ2v) is 5.13. The summed E-state index contributed by atoms with van der Waals surface area (Å²) in [4.78, 5) is 15.6. The van der Waals surface area contributed by atoms with Crippen molar-refractivity contribution in [2.75, 3.05) is 7.11 Å². The molecule has 6 nitrogen and oxygen atoms in total. The minimum absolute atomic E-state index is 0.167. The first kappa shape index (κ1) is 16.0. The van der Waals surface area contributed by atoms with E-state index in [9.17, 15) is 4.79 Å². The van der Waals surface area contributed by atoms with Crippen LogP contribution in [0.1, 0.15) is 13.8 Å². The van der Waals surface area contributed by atoms with Crippen LogP contribution in [0.25, 0.3) is 17.6 Å². The first-order valence-electron chi connectivity index (χ1n) is 6.63. The fourth-order valence-electron chi connectivity index (χ4n) is 1.73. The van der Waals surface area contributed by atoms with E-state index in [1.807, 2.05) is 0 Å². The second kappa shape index (κ2) is 7.09. The molecule has 0 spiro atoms. The monoisotopic (exact) mass is 321 g/mol. The lowest BCUT2D eigenvalue weighted by atomic mass is 10.2. The summed E-state index contributed by atoms with van der Waals surface area (Å²) >= 11 is 5.99. The number of benzene rings is 1. The van der Waals surface area contributed by atoms with Crippen molar-refractivity contribution in [1.29, 1.82) is 0 Å². The third kappa shape index (κ3) is 4.08. The molecular weight excluding hydrogens is 306 g/mol. The number of hydrogen-bond acceptors (Lipinski definition) is 5. The highest BCUT2D eigenvalue weighted by atomic mass is 35.5. The van der Waals surface area contributed by atoms with Crippen LogP contribution in [0.5, 0.6) is 5.75 Å². The first-order valence-corrected chi connectivity index (χ1v) is 7.01. The van der Waals surface area contributed by atoms with Crippen molar-refractivity contribution in [2.45, 2.75) is 20.0 Å². The molecule has 0 aliphatic heterocycles. The molecule has 0 aliphatic rings. The van der Waals surface area contributed by atoms with Crippen LogP contribution in [0.15, 0.2) is 30.6 Å². The Balaban J connectivity index is 2.20. The first-order chi connectivity index (χ1) is 10.5. The molecular formula is C15H16ClN3O3. The lowest BCUT2D eigenvalue weighted by Gasteiger charge is -2.05. The van der Waals surface area contributed by atoms with Gasteiger partial charge in [0.05, 0.1) is 18.8 Å². The van der Waals surface area contributed by atoms with Gasteiger partial charge in [0.25, 0.3) is 0 Å². The van der Waals surface area contributed by atoms with Crippen LogP contribution in [0.2, 0.25) is 5.02 Å². The Bertz CT molecular complexity index is 695. The van der Waals surface area contributed by atoms with Gasteiger partial charge in [0.2, 0.25) is 0 Å². The van der Waals surface area contributed by atoms with Gasteiger partial charge in [0, 0.05) is 17.3 Å². The van der Waals surface area contributed by atoms with Crippen LogP contribution in [0, 0.1) is 0 Å². The Labute approximate surface area is 133 Å². The smallest absolute Gasteiger partial charge is 0.332 e. The summed E-state index contributed by atoms with van der Waals surface area (Å²) in [7, 11) is 1.56. The van der Waals surface area contributed by atoms with E-state index >= 15 is 0 Å². The molecule has 0 radical (unpaired) electrons. The van der Waals surface area contributed by atoms with Gasteiger partial charge in [-0.1, -0.05) is 11.6 Å². The number of hydrogen-bond donors (Lipinski definition) is 0. The predicted molar refractivity (Wildman–Crippen MR) is 83.6 cm³/mol. The molecule has 0 unspecified atom stereocenters. The van der Waals surface area contributed by atoms with E-state index in [0.29, 0.717) is 22.2 Å². The normalized spacial score (nSPS) is 11.1. The zero-order valence-electron chi connectivity index (χ0n) is 12.5. The van der Waals surface area contributed by atoms with Gasteiger partial charge in [0.15, 0.2) is 5.82 Å². The van der Waals surface area contributed by atoms with Gasteiger partial charge >= 0.3 is 5.97 Å². The van der Waals surface area contributed by atoms with Crippen LogP contribution in [0.4, 0.5) is 0 Å². The largest absolute Gasteiger partial charge is 0.496 e. The molecule has 0 atom stereocenters. The summed E-state index contributed by atoms with van der Waals surface area (Å²) in [5.41, 5.74) is 0.673. The maximum absolute atomic E-state index is 11.4. The summed E-state index contributed by atoms with van der Waals surface area (Å²) in [5.74, 6) is 0.624. The van der Waals surface area contributed by atoms with Gasteiger partial charge in [-0.25, -0.2) is 14.5 Å². The van der Waals surface area contributed by atoms with Gasteiger partial charge in [-0.05, 0) is 32.0 Å². The van der Waals surface area contributed by atoms with E-state index in [1.165, 1.54) is 23.3 Å². The fourth-order valence-corrected chi connectivity index (χ4v) is 1.91. The van der Waals surface area contributed by atoms with E-state index in [0.717, 1.165) is 0 Å². The average molecular weight is 322 g/mol. The molecule has 0 saturated carbocycles. The summed E-state index contributed by atoms with van der Waals surface area (Å²) in [6, 6.07) is 5.19. The molecule has 0 aliphatic carbocycles. The second-order valence-electron chi connectivity index (χ2n) is 4.69. The Morgan fingerprint density at radius 3 is 2.86 bits per heavy atom. The van der Waals surface area contributed by atoms with Crippen LogP contribution in [-0.2, 0) is 9.53 Å². The average Bonchev–Trinajstić information content (AvgIpc) is 2.93. The standard InChI is InChI=1S/C15H16ClN3O3/c1-10(2)22-14(20)6-7-19-9-17-15(18-19)12-8-11(16)4-5-13(12)21-3/h4-10H,1-3H3/b7-6-. The third-order valence-corrected chi connectivity index (χ3v) is 2.86. The minimum Gasteiger partial charge on any atom is -0.496 e. The van der Waals surface area contributed by atoms with E-state index in [4.69, 9.17) is 21.1 Å². The summed E-state index contributed by atoms with van der Waals surface area (Å²) in [6.07, 6.45) is 4.07. The number of rotatable bonds is 5. The summed E-state index contributed by atoms with van der Waals surface area (Å²) < 4.78 is 11.7.